The number of ketones is 1. The van der Waals surface area contributed by atoms with Crippen molar-refractivity contribution in [2.45, 2.75) is 32.4 Å². The van der Waals surface area contributed by atoms with Gasteiger partial charge in [-0.25, -0.2) is 5.01 Å². The number of hydrogen-bond acceptors (Lipinski definition) is 6. The zero-order valence-corrected chi connectivity index (χ0v) is 21.8. The van der Waals surface area contributed by atoms with Gasteiger partial charge in [0.25, 0.3) is 0 Å². The summed E-state index contributed by atoms with van der Waals surface area (Å²) in [6, 6.07) is 21.5. The number of nitrogens with zero attached hydrogens (tertiary/aromatic N) is 4. The van der Waals surface area contributed by atoms with Crippen LogP contribution in [0.4, 0.5) is 17.1 Å². The minimum Gasteiger partial charge on any atom is -0.496 e. The number of Topliss-reactive ketones (excluding diaryl/α,β-unsaturated/α-hetero) is 1. The van der Waals surface area contributed by atoms with Crippen LogP contribution in [0.3, 0.4) is 0 Å². The van der Waals surface area contributed by atoms with Crippen molar-refractivity contribution in [2.24, 2.45) is 5.10 Å². The van der Waals surface area contributed by atoms with Crippen molar-refractivity contribution in [3.8, 4) is 5.75 Å². The average molecular weight is 523 g/mol. The molecule has 1 fully saturated rings. The summed E-state index contributed by atoms with van der Waals surface area (Å²) < 4.78 is 5.72. The summed E-state index contributed by atoms with van der Waals surface area (Å²) in [5.41, 5.74) is 3.63. The Morgan fingerprint density at radius 1 is 0.889 bits per heavy atom. The summed E-state index contributed by atoms with van der Waals surface area (Å²) in [7, 11) is 1.64. The quantitative estimate of drug-likeness (QED) is 0.351. The number of methoxy groups -OCH3 is 1. The summed E-state index contributed by atoms with van der Waals surface area (Å²) in [6.45, 7) is 3.67. The van der Waals surface area contributed by atoms with Crippen molar-refractivity contribution >= 4 is 51.9 Å². The zero-order chi connectivity index (χ0) is 25.2. The van der Waals surface area contributed by atoms with Crippen LogP contribution >= 0.6 is 23.2 Å². The first-order valence-corrected chi connectivity index (χ1v) is 12.8. The third-order valence-corrected chi connectivity index (χ3v) is 7.39. The van der Waals surface area contributed by atoms with Crippen molar-refractivity contribution in [1.82, 2.24) is 0 Å². The standard InChI is InChI=1S/C28H28Cl2N4O2/c1-19(35)27-31-34(22-14-15-24(29)25(30)18-22)28(23-8-4-5-9-26(23)36-2)33(27)21-12-10-20(11-13-21)32-16-6-3-7-17-32/h4-5,8-15,18,28H,3,6-7,16-17H2,1-2H3/t28-/m0/s1. The highest BCUT2D eigenvalue weighted by molar-refractivity contribution is 6.44. The van der Waals surface area contributed by atoms with Gasteiger partial charge in [-0.2, -0.15) is 0 Å². The van der Waals surface area contributed by atoms with E-state index in [1.807, 2.05) is 35.2 Å². The van der Waals surface area contributed by atoms with Crippen LogP contribution in [0.5, 0.6) is 5.75 Å². The van der Waals surface area contributed by atoms with E-state index in [0.29, 0.717) is 27.3 Å². The molecule has 0 N–H and O–H groups in total. The molecule has 0 aromatic heterocycles. The number of piperidine rings is 1. The number of rotatable bonds is 6. The Bertz CT molecular complexity index is 1290. The Balaban J connectivity index is 1.62. The van der Waals surface area contributed by atoms with Crippen molar-refractivity contribution in [3.63, 3.8) is 0 Å². The molecule has 5 rings (SSSR count). The molecule has 6 nitrogen and oxygen atoms in total. The van der Waals surface area contributed by atoms with Crippen LogP contribution in [0.2, 0.25) is 10.0 Å². The Morgan fingerprint density at radius 3 is 2.22 bits per heavy atom. The van der Waals surface area contributed by atoms with Gasteiger partial charge in [-0.3, -0.25) is 9.69 Å². The summed E-state index contributed by atoms with van der Waals surface area (Å²) in [5.74, 6) is 0.891. The molecule has 0 saturated carbocycles. The van der Waals surface area contributed by atoms with Gasteiger partial charge in [0.2, 0.25) is 0 Å². The molecule has 2 aliphatic rings. The topological polar surface area (TPSA) is 48.4 Å². The third-order valence-electron chi connectivity index (χ3n) is 6.66. The lowest BCUT2D eigenvalue weighted by atomic mass is 10.1. The molecule has 36 heavy (non-hydrogen) atoms. The Labute approximate surface area is 221 Å². The molecule has 0 bridgehead atoms. The van der Waals surface area contributed by atoms with Gasteiger partial charge in [-0.05, 0) is 67.8 Å². The van der Waals surface area contributed by atoms with Gasteiger partial charge >= 0.3 is 0 Å². The van der Waals surface area contributed by atoms with Crippen molar-refractivity contribution in [2.75, 3.05) is 35.0 Å². The Kier molecular flexibility index (Phi) is 7.08. The Morgan fingerprint density at radius 2 is 1.56 bits per heavy atom. The first-order valence-electron chi connectivity index (χ1n) is 12.1. The second-order valence-electron chi connectivity index (χ2n) is 8.97. The van der Waals surface area contributed by atoms with E-state index < -0.39 is 6.17 Å². The van der Waals surface area contributed by atoms with Crippen LogP contribution in [0.15, 0.2) is 71.8 Å². The van der Waals surface area contributed by atoms with Crippen LogP contribution in [0.1, 0.15) is 37.9 Å². The number of anilines is 3. The van der Waals surface area contributed by atoms with Crippen LogP contribution < -0.4 is 19.5 Å². The number of benzene rings is 3. The van der Waals surface area contributed by atoms with Crippen molar-refractivity contribution in [3.05, 3.63) is 82.3 Å². The van der Waals surface area contributed by atoms with E-state index in [1.165, 1.54) is 31.9 Å². The third kappa shape index (κ3) is 4.63. The smallest absolute Gasteiger partial charge is 0.198 e. The Hall–Kier alpha value is -3.22. The lowest BCUT2D eigenvalue weighted by Gasteiger charge is -2.33. The number of ether oxygens (including phenoxy) is 1. The van der Waals surface area contributed by atoms with E-state index >= 15 is 0 Å². The highest BCUT2D eigenvalue weighted by Crippen LogP contribution is 2.43. The maximum absolute atomic E-state index is 12.9. The van der Waals surface area contributed by atoms with Crippen molar-refractivity contribution < 1.29 is 9.53 Å². The van der Waals surface area contributed by atoms with Gasteiger partial charge in [0.15, 0.2) is 17.8 Å². The number of hydrazone groups is 1. The number of carbonyl (C=O) groups excluding carboxylic acids is 1. The molecule has 3 aromatic rings. The van der Waals surface area contributed by atoms with Crippen molar-refractivity contribution in [1.29, 1.82) is 0 Å². The summed E-state index contributed by atoms with van der Waals surface area (Å²) in [4.78, 5) is 17.3. The van der Waals surface area contributed by atoms with E-state index in [-0.39, 0.29) is 5.78 Å². The van der Waals surface area contributed by atoms with Gasteiger partial charge in [0.1, 0.15) is 5.75 Å². The fourth-order valence-corrected chi connectivity index (χ4v) is 5.18. The molecule has 2 heterocycles. The molecule has 0 radical (unpaired) electrons. The van der Waals surface area contributed by atoms with Gasteiger partial charge < -0.3 is 9.64 Å². The molecule has 0 spiro atoms. The summed E-state index contributed by atoms with van der Waals surface area (Å²) in [6.07, 6.45) is 3.23. The highest BCUT2D eigenvalue weighted by atomic mass is 35.5. The molecular weight excluding hydrogens is 495 g/mol. The molecule has 0 aliphatic carbocycles. The fourth-order valence-electron chi connectivity index (χ4n) is 4.89. The number of amidine groups is 1. The van der Waals surface area contributed by atoms with Crippen LogP contribution in [-0.4, -0.2) is 31.8 Å². The van der Waals surface area contributed by atoms with E-state index in [1.54, 1.807) is 24.3 Å². The SMILES string of the molecule is COc1ccccc1[C@@H]1N(c2ccc(Cl)c(Cl)c2)N=C(C(C)=O)N1c1ccc(N2CCCCC2)cc1. The van der Waals surface area contributed by atoms with Gasteiger partial charge in [-0.15, -0.1) is 5.10 Å². The summed E-state index contributed by atoms with van der Waals surface area (Å²) in [5, 5.41) is 7.46. The molecule has 1 atom stereocenters. The van der Waals surface area contributed by atoms with E-state index in [9.17, 15) is 4.79 Å². The first-order chi connectivity index (χ1) is 17.5. The predicted molar refractivity (Wildman–Crippen MR) is 148 cm³/mol. The highest BCUT2D eigenvalue weighted by Gasteiger charge is 2.40. The second kappa shape index (κ2) is 10.4. The second-order valence-corrected chi connectivity index (χ2v) is 9.79. The molecular formula is C28H28Cl2N4O2. The molecule has 3 aromatic carbocycles. The monoisotopic (exact) mass is 522 g/mol. The maximum Gasteiger partial charge on any atom is 0.198 e. The predicted octanol–water partition coefficient (Wildman–Crippen LogP) is 6.92. The lowest BCUT2D eigenvalue weighted by molar-refractivity contribution is -0.111. The molecule has 0 unspecified atom stereocenters. The molecule has 186 valence electrons. The van der Waals surface area contributed by atoms with Crippen LogP contribution in [-0.2, 0) is 4.79 Å². The van der Waals surface area contributed by atoms with Crippen LogP contribution in [0.25, 0.3) is 0 Å². The van der Waals surface area contributed by atoms with Gasteiger partial charge in [-0.1, -0.05) is 41.4 Å². The average Bonchev–Trinajstić information content (AvgIpc) is 3.31. The number of carbonyl (C=O) groups is 1. The largest absolute Gasteiger partial charge is 0.496 e. The first kappa shape index (κ1) is 24.5. The number of halogens is 2. The molecule has 8 heteroatoms. The fraction of sp³-hybridized carbons (Fsp3) is 0.286. The van der Waals surface area contributed by atoms with E-state index in [2.05, 4.69) is 29.2 Å². The van der Waals surface area contributed by atoms with E-state index in [0.717, 1.165) is 24.3 Å². The maximum atomic E-state index is 12.9. The molecule has 2 aliphatic heterocycles. The minimum absolute atomic E-state index is 0.141. The summed E-state index contributed by atoms with van der Waals surface area (Å²) >= 11 is 12.6. The molecule has 1 saturated heterocycles. The number of para-hydroxylation sites is 1. The van der Waals surface area contributed by atoms with Gasteiger partial charge in [0, 0.05) is 37.0 Å². The normalized spacial score (nSPS) is 17.8. The zero-order valence-electron chi connectivity index (χ0n) is 20.3. The van der Waals surface area contributed by atoms with E-state index in [4.69, 9.17) is 33.0 Å². The van der Waals surface area contributed by atoms with Crippen LogP contribution in [0, 0.1) is 0 Å². The lowest BCUT2D eigenvalue weighted by Crippen LogP contribution is -2.38. The minimum atomic E-state index is -0.474. The molecule has 0 amide bonds. The number of hydrogen-bond donors (Lipinski definition) is 0. The van der Waals surface area contributed by atoms with Gasteiger partial charge in [0.05, 0.1) is 22.8 Å².